The molecule has 2 rings (SSSR count). The number of carbonyl (C=O) groups is 1. The minimum atomic E-state index is -0.00497. The number of nitrogens with zero attached hydrogens (tertiary/aromatic N) is 2. The summed E-state index contributed by atoms with van der Waals surface area (Å²) in [6, 6.07) is 3.94. The van der Waals surface area contributed by atoms with Crippen LogP contribution in [-0.4, -0.2) is 22.2 Å². The van der Waals surface area contributed by atoms with Crippen LogP contribution in [0.15, 0.2) is 17.5 Å². The van der Waals surface area contributed by atoms with Crippen LogP contribution in [0.4, 0.5) is 0 Å². The Morgan fingerprint density at radius 2 is 2.17 bits per heavy atom. The van der Waals surface area contributed by atoms with E-state index in [1.165, 1.54) is 11.3 Å². The second-order valence-corrected chi connectivity index (χ2v) is 5.31. The van der Waals surface area contributed by atoms with E-state index in [1.54, 1.807) is 0 Å². The number of aromatic nitrogens is 2. The van der Waals surface area contributed by atoms with Gasteiger partial charge in [0.2, 0.25) is 0 Å². The van der Waals surface area contributed by atoms with Gasteiger partial charge in [0.05, 0.1) is 17.1 Å². The molecular weight excluding hydrogens is 246 g/mol. The molecule has 4 nitrogen and oxygen atoms in total. The van der Waals surface area contributed by atoms with Crippen LogP contribution in [0.1, 0.15) is 26.6 Å². The third kappa shape index (κ3) is 2.98. The maximum atomic E-state index is 11.8. The van der Waals surface area contributed by atoms with Crippen LogP contribution >= 0.6 is 11.3 Å². The quantitative estimate of drug-likeness (QED) is 0.920. The second kappa shape index (κ2) is 5.35. The number of hydrogen-bond acceptors (Lipinski definition) is 3. The van der Waals surface area contributed by atoms with E-state index < -0.39 is 0 Å². The van der Waals surface area contributed by atoms with Crippen molar-refractivity contribution in [1.29, 1.82) is 0 Å². The average molecular weight is 263 g/mol. The highest BCUT2D eigenvalue weighted by Crippen LogP contribution is 2.13. The fourth-order valence-corrected chi connectivity index (χ4v) is 2.63. The molecule has 0 aliphatic rings. The summed E-state index contributed by atoms with van der Waals surface area (Å²) in [5, 5.41) is 9.24. The van der Waals surface area contributed by atoms with Crippen LogP contribution in [0.5, 0.6) is 0 Å². The van der Waals surface area contributed by atoms with Crippen LogP contribution < -0.4 is 5.32 Å². The van der Waals surface area contributed by atoms with Crippen molar-refractivity contribution in [1.82, 2.24) is 15.1 Å². The zero-order chi connectivity index (χ0) is 13.1. The SMILES string of the molecule is Cc1csc(C(=O)NCCn2nc(C)cc2C)c1. The van der Waals surface area contributed by atoms with E-state index in [0.717, 1.165) is 21.8 Å². The van der Waals surface area contributed by atoms with Crippen LogP contribution in [0.25, 0.3) is 0 Å². The van der Waals surface area contributed by atoms with Gasteiger partial charge in [-0.3, -0.25) is 9.48 Å². The Bertz CT molecular complexity index is 556. The summed E-state index contributed by atoms with van der Waals surface area (Å²) in [7, 11) is 0. The van der Waals surface area contributed by atoms with Crippen LogP contribution in [-0.2, 0) is 6.54 Å². The summed E-state index contributed by atoms with van der Waals surface area (Å²) in [5.41, 5.74) is 3.25. The summed E-state index contributed by atoms with van der Waals surface area (Å²) in [4.78, 5) is 12.6. The summed E-state index contributed by atoms with van der Waals surface area (Å²) < 4.78 is 1.91. The smallest absolute Gasteiger partial charge is 0.261 e. The monoisotopic (exact) mass is 263 g/mol. The lowest BCUT2D eigenvalue weighted by Crippen LogP contribution is -2.27. The molecule has 0 aromatic carbocycles. The van der Waals surface area contributed by atoms with Gasteiger partial charge in [-0.15, -0.1) is 11.3 Å². The largest absolute Gasteiger partial charge is 0.349 e. The average Bonchev–Trinajstić information content (AvgIpc) is 2.86. The van der Waals surface area contributed by atoms with Gasteiger partial charge in [-0.1, -0.05) is 0 Å². The predicted octanol–water partition coefficient (Wildman–Crippen LogP) is 2.30. The molecule has 0 unspecified atom stereocenters. The molecule has 2 heterocycles. The zero-order valence-corrected chi connectivity index (χ0v) is 11.7. The summed E-state index contributed by atoms with van der Waals surface area (Å²) in [6.45, 7) is 7.28. The maximum Gasteiger partial charge on any atom is 0.261 e. The van der Waals surface area contributed by atoms with Crippen molar-refractivity contribution in [2.45, 2.75) is 27.3 Å². The molecular formula is C13H17N3OS. The van der Waals surface area contributed by atoms with E-state index in [0.29, 0.717) is 13.1 Å². The minimum Gasteiger partial charge on any atom is -0.349 e. The van der Waals surface area contributed by atoms with Gasteiger partial charge in [0.15, 0.2) is 0 Å². The second-order valence-electron chi connectivity index (χ2n) is 4.39. The van der Waals surface area contributed by atoms with Crippen molar-refractivity contribution < 1.29 is 4.79 Å². The fourth-order valence-electron chi connectivity index (χ4n) is 1.81. The van der Waals surface area contributed by atoms with Crippen molar-refractivity contribution in [3.8, 4) is 0 Å². The third-order valence-corrected chi connectivity index (χ3v) is 3.71. The Morgan fingerprint density at radius 1 is 1.39 bits per heavy atom. The van der Waals surface area contributed by atoms with E-state index in [-0.39, 0.29) is 5.91 Å². The molecule has 0 bridgehead atoms. The molecule has 0 aliphatic carbocycles. The van der Waals surface area contributed by atoms with Gasteiger partial charge in [-0.2, -0.15) is 5.10 Å². The third-order valence-electron chi connectivity index (χ3n) is 2.67. The standard InChI is InChI=1S/C13H17N3OS/c1-9-6-12(18-8-9)13(17)14-4-5-16-11(3)7-10(2)15-16/h6-8H,4-5H2,1-3H3,(H,14,17). The van der Waals surface area contributed by atoms with Crippen molar-refractivity contribution in [3.63, 3.8) is 0 Å². The van der Waals surface area contributed by atoms with Gasteiger partial charge in [-0.25, -0.2) is 0 Å². The van der Waals surface area contributed by atoms with Crippen LogP contribution in [0, 0.1) is 20.8 Å². The van der Waals surface area contributed by atoms with E-state index in [9.17, 15) is 4.79 Å². The molecule has 0 saturated carbocycles. The lowest BCUT2D eigenvalue weighted by atomic mass is 10.3. The first-order valence-electron chi connectivity index (χ1n) is 5.90. The number of nitrogens with one attached hydrogen (secondary N) is 1. The van der Waals surface area contributed by atoms with Crippen molar-refractivity contribution in [2.75, 3.05) is 6.54 Å². The van der Waals surface area contributed by atoms with Crippen molar-refractivity contribution >= 4 is 17.2 Å². The molecule has 1 amide bonds. The molecule has 0 fully saturated rings. The normalized spacial score (nSPS) is 10.6. The molecule has 1 N–H and O–H groups in total. The molecule has 96 valence electrons. The molecule has 0 saturated heterocycles. The number of thiophene rings is 1. The molecule has 2 aromatic heterocycles. The zero-order valence-electron chi connectivity index (χ0n) is 10.9. The first-order valence-corrected chi connectivity index (χ1v) is 6.78. The summed E-state index contributed by atoms with van der Waals surface area (Å²) in [5.74, 6) is -0.00497. The maximum absolute atomic E-state index is 11.8. The summed E-state index contributed by atoms with van der Waals surface area (Å²) in [6.07, 6.45) is 0. The molecule has 0 radical (unpaired) electrons. The molecule has 0 spiro atoms. The van der Waals surface area contributed by atoms with Gasteiger partial charge in [0.25, 0.3) is 5.91 Å². The predicted molar refractivity (Wildman–Crippen MR) is 73.1 cm³/mol. The minimum absolute atomic E-state index is 0.00497. The lowest BCUT2D eigenvalue weighted by molar-refractivity contribution is 0.0956. The number of carbonyl (C=O) groups excluding carboxylic acids is 1. The first-order chi connectivity index (χ1) is 8.56. The lowest BCUT2D eigenvalue weighted by Gasteiger charge is -2.05. The number of aryl methyl sites for hydroxylation is 3. The van der Waals surface area contributed by atoms with Gasteiger partial charge in [0, 0.05) is 12.2 Å². The number of rotatable bonds is 4. The Hall–Kier alpha value is -1.62. The van der Waals surface area contributed by atoms with E-state index in [1.807, 2.05) is 43.0 Å². The van der Waals surface area contributed by atoms with Gasteiger partial charge < -0.3 is 5.32 Å². The van der Waals surface area contributed by atoms with E-state index in [4.69, 9.17) is 0 Å². The van der Waals surface area contributed by atoms with Crippen molar-refractivity contribution in [3.05, 3.63) is 39.3 Å². The number of hydrogen-bond donors (Lipinski definition) is 1. The Balaban J connectivity index is 1.85. The molecule has 0 atom stereocenters. The van der Waals surface area contributed by atoms with Gasteiger partial charge in [0.1, 0.15) is 0 Å². The highest BCUT2D eigenvalue weighted by Gasteiger charge is 2.07. The number of amides is 1. The highest BCUT2D eigenvalue weighted by atomic mass is 32.1. The topological polar surface area (TPSA) is 46.9 Å². The Kier molecular flexibility index (Phi) is 3.81. The van der Waals surface area contributed by atoms with Crippen LogP contribution in [0.3, 0.4) is 0 Å². The Morgan fingerprint density at radius 3 is 2.72 bits per heavy atom. The molecule has 18 heavy (non-hydrogen) atoms. The van der Waals surface area contributed by atoms with Gasteiger partial charge >= 0.3 is 0 Å². The molecule has 0 aliphatic heterocycles. The summed E-state index contributed by atoms with van der Waals surface area (Å²) >= 11 is 1.48. The molecule has 5 heteroatoms. The highest BCUT2D eigenvalue weighted by molar-refractivity contribution is 7.12. The van der Waals surface area contributed by atoms with E-state index >= 15 is 0 Å². The molecule has 2 aromatic rings. The fraction of sp³-hybridized carbons (Fsp3) is 0.385. The first kappa shape index (κ1) is 12.8. The van der Waals surface area contributed by atoms with Gasteiger partial charge in [-0.05, 0) is 43.8 Å². The van der Waals surface area contributed by atoms with Crippen molar-refractivity contribution in [2.24, 2.45) is 0 Å². The van der Waals surface area contributed by atoms with E-state index in [2.05, 4.69) is 10.4 Å². The van der Waals surface area contributed by atoms with Crippen LogP contribution in [0.2, 0.25) is 0 Å². The Labute approximate surface area is 111 Å².